The van der Waals surface area contributed by atoms with E-state index in [2.05, 4.69) is 15.6 Å². The molecule has 154 valence electrons. The number of ether oxygens (including phenoxy) is 2. The van der Waals surface area contributed by atoms with Crippen molar-refractivity contribution in [1.29, 1.82) is 0 Å². The molecule has 3 fully saturated rings. The number of methoxy groups -OCH3 is 1. The number of thiazole rings is 1. The molecule has 0 unspecified atom stereocenters. The third kappa shape index (κ3) is 3.76. The van der Waals surface area contributed by atoms with Gasteiger partial charge >= 0.3 is 0 Å². The zero-order chi connectivity index (χ0) is 20.8. The Balaban J connectivity index is 1.25. The van der Waals surface area contributed by atoms with Gasteiger partial charge in [-0.15, -0.1) is 0 Å². The molecule has 0 aliphatic heterocycles. The lowest BCUT2D eigenvalue weighted by Crippen LogP contribution is -2.84. The van der Waals surface area contributed by atoms with E-state index in [4.69, 9.17) is 21.1 Å². The second-order valence-corrected chi connectivity index (χ2v) is 8.93. The zero-order valence-electron chi connectivity index (χ0n) is 15.8. The topological polar surface area (TPSA) is 89.5 Å². The Hall–Kier alpha value is -2.39. The molecule has 1 aromatic heterocycles. The first-order valence-corrected chi connectivity index (χ1v) is 10.2. The van der Waals surface area contributed by atoms with Crippen LogP contribution < -0.4 is 20.1 Å². The average molecular weight is 440 g/mol. The molecule has 3 aliphatic rings. The van der Waals surface area contributed by atoms with E-state index in [1.54, 1.807) is 6.92 Å². The predicted molar refractivity (Wildman–Crippen MR) is 105 cm³/mol. The Morgan fingerprint density at radius 2 is 1.97 bits per heavy atom. The molecule has 2 amide bonds. The summed E-state index contributed by atoms with van der Waals surface area (Å²) in [5.41, 5.74) is 0.0443. The van der Waals surface area contributed by atoms with Crippen molar-refractivity contribution in [2.75, 3.05) is 13.7 Å². The van der Waals surface area contributed by atoms with E-state index < -0.39 is 5.82 Å². The first-order chi connectivity index (χ1) is 13.7. The summed E-state index contributed by atoms with van der Waals surface area (Å²) in [4.78, 5) is 29.4. The van der Waals surface area contributed by atoms with Crippen LogP contribution in [0.3, 0.4) is 0 Å². The number of hydrogen-bond donors (Lipinski definition) is 2. The highest BCUT2D eigenvalue weighted by Gasteiger charge is 2.69. The summed E-state index contributed by atoms with van der Waals surface area (Å²) in [6.45, 7) is 1.55. The van der Waals surface area contributed by atoms with Crippen molar-refractivity contribution in [3.05, 3.63) is 39.6 Å². The van der Waals surface area contributed by atoms with Gasteiger partial charge in [-0.05, 0) is 38.3 Å². The largest absolute Gasteiger partial charge is 0.484 e. The van der Waals surface area contributed by atoms with Crippen LogP contribution in [0.2, 0.25) is 5.02 Å². The molecule has 0 spiro atoms. The van der Waals surface area contributed by atoms with Gasteiger partial charge in [0.2, 0.25) is 0 Å². The lowest BCUT2D eigenvalue weighted by molar-refractivity contribution is -0.141. The van der Waals surface area contributed by atoms with Crippen LogP contribution in [0.25, 0.3) is 0 Å². The van der Waals surface area contributed by atoms with Crippen molar-refractivity contribution in [3.63, 3.8) is 0 Å². The molecule has 0 atom stereocenters. The molecule has 2 bridgehead atoms. The number of hydrogen-bond acceptors (Lipinski definition) is 6. The molecule has 1 heterocycles. The van der Waals surface area contributed by atoms with Gasteiger partial charge in [-0.2, -0.15) is 0 Å². The molecule has 0 radical (unpaired) electrons. The number of nitrogens with one attached hydrogen (secondary N) is 2. The van der Waals surface area contributed by atoms with Crippen molar-refractivity contribution in [2.45, 2.75) is 37.3 Å². The van der Waals surface area contributed by atoms with Crippen LogP contribution in [0.1, 0.15) is 34.6 Å². The second kappa shape index (κ2) is 7.14. The Morgan fingerprint density at radius 3 is 2.59 bits per heavy atom. The SMILES string of the molecule is COc1nc(C)c(C(=O)NC23CC(NC(=O)COc4ccc(Cl)c(F)c4)(C2)C3)s1. The quantitative estimate of drug-likeness (QED) is 0.692. The van der Waals surface area contributed by atoms with E-state index in [0.717, 1.165) is 6.07 Å². The van der Waals surface area contributed by atoms with Gasteiger partial charge in [-0.1, -0.05) is 22.9 Å². The summed E-state index contributed by atoms with van der Waals surface area (Å²) >= 11 is 6.83. The normalized spacial score (nSPS) is 24.1. The van der Waals surface area contributed by atoms with Gasteiger partial charge in [0.25, 0.3) is 17.0 Å². The molecular formula is C19H19ClFN3O4S. The molecule has 10 heteroatoms. The number of nitrogens with zero attached hydrogens (tertiary/aromatic N) is 1. The monoisotopic (exact) mass is 439 g/mol. The summed E-state index contributed by atoms with van der Waals surface area (Å²) in [5, 5.41) is 6.46. The smallest absolute Gasteiger partial charge is 0.273 e. The number of amides is 2. The Labute approximate surface area is 175 Å². The maximum Gasteiger partial charge on any atom is 0.273 e. The predicted octanol–water partition coefficient (Wildman–Crippen LogP) is 2.85. The lowest BCUT2D eigenvalue weighted by Gasteiger charge is -2.70. The maximum absolute atomic E-state index is 13.4. The molecule has 2 aromatic rings. The number of rotatable bonds is 7. The number of aryl methyl sites for hydroxylation is 1. The molecule has 7 nitrogen and oxygen atoms in total. The second-order valence-electron chi connectivity index (χ2n) is 7.56. The fraction of sp³-hybridized carbons (Fsp3) is 0.421. The summed E-state index contributed by atoms with van der Waals surface area (Å²) in [6, 6.07) is 4.01. The Kier molecular flexibility index (Phi) is 4.90. The number of carbonyl (C=O) groups is 2. The van der Waals surface area contributed by atoms with E-state index in [-0.39, 0.29) is 40.3 Å². The van der Waals surface area contributed by atoms with Gasteiger partial charge in [0.15, 0.2) is 6.61 Å². The van der Waals surface area contributed by atoms with Crippen LogP contribution in [0, 0.1) is 12.7 Å². The van der Waals surface area contributed by atoms with Gasteiger partial charge in [-0.25, -0.2) is 9.37 Å². The van der Waals surface area contributed by atoms with Gasteiger partial charge in [0.1, 0.15) is 16.4 Å². The summed E-state index contributed by atoms with van der Waals surface area (Å²) in [5.74, 6) is -0.826. The van der Waals surface area contributed by atoms with Crippen LogP contribution in [-0.2, 0) is 4.79 Å². The van der Waals surface area contributed by atoms with E-state index in [1.165, 1.54) is 30.6 Å². The minimum absolute atomic E-state index is 0.00465. The molecule has 29 heavy (non-hydrogen) atoms. The third-order valence-corrected chi connectivity index (χ3v) is 6.66. The van der Waals surface area contributed by atoms with Gasteiger partial charge in [0, 0.05) is 17.1 Å². The van der Waals surface area contributed by atoms with Crippen LogP contribution in [0.4, 0.5) is 4.39 Å². The molecule has 2 N–H and O–H groups in total. The number of carbonyl (C=O) groups excluding carboxylic acids is 2. The molecule has 3 aliphatic carbocycles. The summed E-state index contributed by atoms with van der Waals surface area (Å²) in [7, 11) is 1.51. The molecule has 5 rings (SSSR count). The fourth-order valence-electron chi connectivity index (χ4n) is 4.07. The van der Waals surface area contributed by atoms with E-state index >= 15 is 0 Å². The van der Waals surface area contributed by atoms with Crippen LogP contribution >= 0.6 is 22.9 Å². The van der Waals surface area contributed by atoms with Gasteiger partial charge in [0.05, 0.1) is 17.8 Å². The number of benzene rings is 1. The summed E-state index contributed by atoms with van der Waals surface area (Å²) < 4.78 is 23.8. The van der Waals surface area contributed by atoms with Gasteiger partial charge < -0.3 is 20.1 Å². The third-order valence-electron chi connectivity index (χ3n) is 5.23. The standard InChI is InChI=1S/C19H19ClFN3O4S/c1-10-15(29-17(22-10)27-2)16(26)24-19-7-18(8-19,9-19)23-14(25)6-28-11-3-4-12(20)13(21)5-11/h3-5H,6-9H2,1-2H3,(H,23,25)(H,24,26). The van der Waals surface area contributed by atoms with Crippen molar-refractivity contribution >= 4 is 34.8 Å². The van der Waals surface area contributed by atoms with Crippen molar-refractivity contribution in [3.8, 4) is 10.9 Å². The Bertz CT molecular complexity index is 976. The van der Waals surface area contributed by atoms with E-state index in [1.807, 2.05) is 0 Å². The number of aromatic nitrogens is 1. The minimum Gasteiger partial charge on any atom is -0.484 e. The van der Waals surface area contributed by atoms with Crippen molar-refractivity contribution < 1.29 is 23.5 Å². The highest BCUT2D eigenvalue weighted by molar-refractivity contribution is 7.15. The van der Waals surface area contributed by atoms with Crippen LogP contribution in [-0.4, -0.2) is 41.6 Å². The zero-order valence-corrected chi connectivity index (χ0v) is 17.4. The maximum atomic E-state index is 13.4. The van der Waals surface area contributed by atoms with Gasteiger partial charge in [-0.3, -0.25) is 9.59 Å². The Morgan fingerprint density at radius 1 is 1.28 bits per heavy atom. The first kappa shape index (κ1) is 19.9. The molecular weight excluding hydrogens is 421 g/mol. The fourth-order valence-corrected chi connectivity index (χ4v) is 4.96. The lowest BCUT2D eigenvalue weighted by atomic mass is 9.44. The average Bonchev–Trinajstić information content (AvgIpc) is 3.01. The number of halogens is 2. The van der Waals surface area contributed by atoms with E-state index in [9.17, 15) is 14.0 Å². The highest BCUT2D eigenvalue weighted by Crippen LogP contribution is 2.60. The van der Waals surface area contributed by atoms with Crippen LogP contribution in [0.15, 0.2) is 18.2 Å². The highest BCUT2D eigenvalue weighted by atomic mass is 35.5. The minimum atomic E-state index is -0.601. The van der Waals surface area contributed by atoms with Crippen LogP contribution in [0.5, 0.6) is 10.9 Å². The summed E-state index contributed by atoms with van der Waals surface area (Å²) in [6.07, 6.45) is 2.01. The molecule has 1 aromatic carbocycles. The molecule has 0 saturated heterocycles. The van der Waals surface area contributed by atoms with Crippen molar-refractivity contribution in [2.24, 2.45) is 0 Å². The molecule has 3 saturated carbocycles. The first-order valence-electron chi connectivity index (χ1n) is 8.96. The van der Waals surface area contributed by atoms with Crippen molar-refractivity contribution in [1.82, 2.24) is 15.6 Å². The van der Waals surface area contributed by atoms with E-state index in [0.29, 0.717) is 35.0 Å².